The molecule has 29 heavy (non-hydrogen) atoms. The third-order valence-corrected chi connectivity index (χ3v) is 3.98. The van der Waals surface area contributed by atoms with Crippen LogP contribution in [0.3, 0.4) is 0 Å². The number of anilines is 1. The number of hydrogen-bond acceptors (Lipinski definition) is 4. The first-order chi connectivity index (χ1) is 13.9. The minimum Gasteiger partial charge on any atom is -0.494 e. The predicted molar refractivity (Wildman–Crippen MR) is 119 cm³/mol. The summed E-state index contributed by atoms with van der Waals surface area (Å²) in [6.07, 6.45) is 4.27. The van der Waals surface area contributed by atoms with Crippen LogP contribution >= 0.6 is 0 Å². The number of unbranched alkanes of at least 4 members (excludes halogenated alkanes) is 3. The molecule has 0 amide bonds. The van der Waals surface area contributed by atoms with Crippen LogP contribution in [0.2, 0.25) is 0 Å². The first-order valence-electron chi connectivity index (χ1n) is 9.89. The van der Waals surface area contributed by atoms with Crippen molar-refractivity contribution < 1.29 is 19.4 Å². The highest BCUT2D eigenvalue weighted by molar-refractivity contribution is 5.87. The number of aromatic carboxylic acids is 1. The maximum Gasteiger partial charge on any atom is 0.335 e. The van der Waals surface area contributed by atoms with Gasteiger partial charge in [0.15, 0.2) is 0 Å². The van der Waals surface area contributed by atoms with E-state index in [9.17, 15) is 4.79 Å². The fourth-order valence-electron chi connectivity index (χ4n) is 2.36. The quantitative estimate of drug-likeness (QED) is 0.296. The zero-order valence-corrected chi connectivity index (χ0v) is 17.5. The molecular formula is C24H33NO4. The average Bonchev–Trinajstić information content (AvgIpc) is 2.69. The molecular weight excluding hydrogens is 366 g/mol. The van der Waals surface area contributed by atoms with E-state index in [0.29, 0.717) is 19.0 Å². The zero-order valence-electron chi connectivity index (χ0n) is 17.5. The van der Waals surface area contributed by atoms with Gasteiger partial charge in [-0.2, -0.15) is 0 Å². The molecule has 5 nitrogen and oxygen atoms in total. The molecule has 0 fully saturated rings. The zero-order chi connectivity index (χ0) is 21.5. The lowest BCUT2D eigenvalue weighted by molar-refractivity contribution is 0.0697. The summed E-state index contributed by atoms with van der Waals surface area (Å²) >= 11 is 0. The summed E-state index contributed by atoms with van der Waals surface area (Å²) in [6.45, 7) is 9.87. The van der Waals surface area contributed by atoms with Gasteiger partial charge in [0.1, 0.15) is 5.75 Å². The maximum absolute atomic E-state index is 10.7. The van der Waals surface area contributed by atoms with Crippen molar-refractivity contribution in [3.05, 3.63) is 71.8 Å². The maximum atomic E-state index is 10.7. The van der Waals surface area contributed by atoms with E-state index >= 15 is 0 Å². The monoisotopic (exact) mass is 399 g/mol. The Morgan fingerprint density at radius 2 is 1.55 bits per heavy atom. The number of benzene rings is 2. The predicted octanol–water partition coefficient (Wildman–Crippen LogP) is 5.49. The van der Waals surface area contributed by atoms with Gasteiger partial charge < -0.3 is 20.3 Å². The van der Waals surface area contributed by atoms with E-state index in [0.717, 1.165) is 43.6 Å². The number of ether oxygens (including phenoxy) is 2. The van der Waals surface area contributed by atoms with E-state index in [2.05, 4.69) is 6.58 Å². The number of carbonyl (C=O) groups is 1. The van der Waals surface area contributed by atoms with Crippen molar-refractivity contribution in [2.75, 3.05) is 25.6 Å². The SMILES string of the molecule is C=C(C)COCCCCCCOc1ccc(C(=O)O)cc1.Cc1ccc(N)cc1. The van der Waals surface area contributed by atoms with Gasteiger partial charge in [0.05, 0.1) is 18.8 Å². The molecule has 0 aliphatic rings. The van der Waals surface area contributed by atoms with E-state index < -0.39 is 5.97 Å². The van der Waals surface area contributed by atoms with Crippen molar-refractivity contribution >= 4 is 11.7 Å². The summed E-state index contributed by atoms with van der Waals surface area (Å²) in [7, 11) is 0. The van der Waals surface area contributed by atoms with Crippen LogP contribution in [0.25, 0.3) is 0 Å². The number of rotatable bonds is 11. The molecule has 3 N–H and O–H groups in total. The highest BCUT2D eigenvalue weighted by atomic mass is 16.5. The minimum atomic E-state index is -0.921. The van der Waals surface area contributed by atoms with Gasteiger partial charge in [-0.25, -0.2) is 4.79 Å². The van der Waals surface area contributed by atoms with E-state index in [-0.39, 0.29) is 5.56 Å². The first-order valence-corrected chi connectivity index (χ1v) is 9.89. The topological polar surface area (TPSA) is 81.8 Å². The number of carboxylic acids is 1. The lowest BCUT2D eigenvalue weighted by Gasteiger charge is -2.07. The van der Waals surface area contributed by atoms with Gasteiger partial charge in [-0.05, 0) is 69.5 Å². The second kappa shape index (κ2) is 14.2. The Bertz CT molecular complexity index is 703. The van der Waals surface area contributed by atoms with Crippen molar-refractivity contribution in [3.8, 4) is 5.75 Å². The number of hydrogen-bond donors (Lipinski definition) is 2. The Labute approximate surface area is 174 Å². The van der Waals surface area contributed by atoms with Crippen molar-refractivity contribution in [2.24, 2.45) is 0 Å². The van der Waals surface area contributed by atoms with Crippen LogP contribution in [0.5, 0.6) is 5.75 Å². The van der Waals surface area contributed by atoms with Crippen molar-refractivity contribution in [1.82, 2.24) is 0 Å². The molecule has 0 radical (unpaired) electrons. The summed E-state index contributed by atoms with van der Waals surface area (Å²) in [5, 5.41) is 8.78. The molecule has 2 aromatic rings. The van der Waals surface area contributed by atoms with Crippen molar-refractivity contribution in [1.29, 1.82) is 0 Å². The number of aryl methyl sites for hydroxylation is 1. The van der Waals surface area contributed by atoms with Gasteiger partial charge in [-0.15, -0.1) is 0 Å². The van der Waals surface area contributed by atoms with Gasteiger partial charge in [0, 0.05) is 12.3 Å². The van der Waals surface area contributed by atoms with Gasteiger partial charge in [0.25, 0.3) is 0 Å². The average molecular weight is 400 g/mol. The second-order valence-electron chi connectivity index (χ2n) is 7.01. The van der Waals surface area contributed by atoms with Crippen LogP contribution in [-0.4, -0.2) is 30.9 Å². The lowest BCUT2D eigenvalue weighted by Crippen LogP contribution is -2.00. The van der Waals surface area contributed by atoms with Gasteiger partial charge in [-0.1, -0.05) is 36.3 Å². The normalized spacial score (nSPS) is 10.0. The van der Waals surface area contributed by atoms with Gasteiger partial charge in [-0.3, -0.25) is 0 Å². The van der Waals surface area contributed by atoms with Crippen LogP contribution in [-0.2, 0) is 4.74 Å². The van der Waals surface area contributed by atoms with Gasteiger partial charge in [0.2, 0.25) is 0 Å². The number of nitrogen functional groups attached to an aromatic ring is 1. The Balaban J connectivity index is 0.000000436. The van der Waals surface area contributed by atoms with E-state index in [1.807, 2.05) is 38.1 Å². The molecule has 2 aromatic carbocycles. The van der Waals surface area contributed by atoms with Crippen molar-refractivity contribution in [3.63, 3.8) is 0 Å². The molecule has 0 heterocycles. The van der Waals surface area contributed by atoms with Crippen LogP contribution < -0.4 is 10.5 Å². The molecule has 0 saturated carbocycles. The second-order valence-corrected chi connectivity index (χ2v) is 7.01. The molecule has 0 bridgehead atoms. The summed E-state index contributed by atoms with van der Waals surface area (Å²) in [6, 6.07) is 14.3. The molecule has 0 aromatic heterocycles. The summed E-state index contributed by atoms with van der Waals surface area (Å²) in [4.78, 5) is 10.7. The standard InChI is InChI=1S/C17H24O4.C7H9N/c1-14(2)13-20-11-5-3-4-6-12-21-16-9-7-15(8-10-16)17(18)19;1-6-2-4-7(8)5-3-6/h7-10H,1,3-6,11-13H2,2H3,(H,18,19);2-5H,8H2,1H3. The molecule has 2 rings (SSSR count). The summed E-state index contributed by atoms with van der Waals surface area (Å²) in [5.41, 5.74) is 8.83. The van der Waals surface area contributed by atoms with Gasteiger partial charge >= 0.3 is 5.97 Å². The van der Waals surface area contributed by atoms with E-state index in [1.165, 1.54) is 5.56 Å². The molecule has 0 spiro atoms. The van der Waals surface area contributed by atoms with E-state index in [4.69, 9.17) is 20.3 Å². The largest absolute Gasteiger partial charge is 0.494 e. The summed E-state index contributed by atoms with van der Waals surface area (Å²) < 4.78 is 11.0. The Hall–Kier alpha value is -2.79. The fourth-order valence-corrected chi connectivity index (χ4v) is 2.36. The highest BCUT2D eigenvalue weighted by Crippen LogP contribution is 2.13. The third-order valence-electron chi connectivity index (χ3n) is 3.98. The Morgan fingerprint density at radius 3 is 2.07 bits per heavy atom. The molecule has 5 heteroatoms. The molecule has 0 atom stereocenters. The molecule has 0 unspecified atom stereocenters. The molecule has 0 aliphatic carbocycles. The Kier molecular flexibility index (Phi) is 11.9. The molecule has 0 aliphatic heterocycles. The number of nitrogens with two attached hydrogens (primary N) is 1. The third kappa shape index (κ3) is 12.3. The van der Waals surface area contributed by atoms with Crippen molar-refractivity contribution in [2.45, 2.75) is 39.5 Å². The van der Waals surface area contributed by atoms with E-state index in [1.54, 1.807) is 24.3 Å². The molecule has 0 saturated heterocycles. The fraction of sp³-hybridized carbons (Fsp3) is 0.375. The Morgan fingerprint density at radius 1 is 0.966 bits per heavy atom. The minimum absolute atomic E-state index is 0.275. The molecule has 158 valence electrons. The highest BCUT2D eigenvalue weighted by Gasteiger charge is 2.01. The lowest BCUT2D eigenvalue weighted by atomic mass is 10.2. The summed E-state index contributed by atoms with van der Waals surface area (Å²) in [5.74, 6) is -0.208. The number of carboxylic acid groups (broad SMARTS) is 1. The smallest absolute Gasteiger partial charge is 0.335 e. The van der Waals surface area contributed by atoms with Crippen LogP contribution in [0.15, 0.2) is 60.7 Å². The van der Waals surface area contributed by atoms with Crippen LogP contribution in [0, 0.1) is 6.92 Å². The van der Waals surface area contributed by atoms with Crippen LogP contribution in [0.4, 0.5) is 5.69 Å². The first kappa shape index (κ1) is 24.2. The van der Waals surface area contributed by atoms with Crippen LogP contribution in [0.1, 0.15) is 48.5 Å².